The Morgan fingerprint density at radius 3 is 1.71 bits per heavy atom. The van der Waals surface area contributed by atoms with Gasteiger partial charge < -0.3 is 5.32 Å². The Labute approximate surface area is 193 Å². The highest BCUT2D eigenvalue weighted by Crippen LogP contribution is 2.30. The number of rotatable bonds is 7. The van der Waals surface area contributed by atoms with Crippen LogP contribution in [0, 0.1) is 0 Å². The van der Waals surface area contributed by atoms with Gasteiger partial charge in [-0.25, -0.2) is 0 Å². The number of aldehydes is 1. The van der Waals surface area contributed by atoms with Crippen molar-refractivity contribution in [1.29, 1.82) is 0 Å². The molecule has 1 unspecified atom stereocenters. The lowest BCUT2D eigenvalue weighted by Crippen LogP contribution is -2.54. The molecule has 1 saturated heterocycles. The molecule has 1 aliphatic heterocycles. The van der Waals surface area contributed by atoms with Crippen LogP contribution in [0.2, 0.25) is 10.0 Å². The summed E-state index contributed by atoms with van der Waals surface area (Å²) in [6.07, 6.45) is 0.514. The Morgan fingerprint density at radius 1 is 0.742 bits per heavy atom. The Kier molecular flexibility index (Phi) is 7.25. The van der Waals surface area contributed by atoms with Crippen molar-refractivity contribution >= 4 is 35.2 Å². The van der Waals surface area contributed by atoms with Crippen molar-refractivity contribution in [2.45, 2.75) is 12.2 Å². The second kappa shape index (κ2) is 10.3. The monoisotopic (exact) mass is 453 g/mol. The number of nitrogens with one attached hydrogen (secondary N) is 1. The van der Waals surface area contributed by atoms with E-state index in [-0.39, 0.29) is 6.04 Å². The Bertz CT molecular complexity index is 932. The molecule has 3 aromatic carbocycles. The highest BCUT2D eigenvalue weighted by molar-refractivity contribution is 6.35. The summed E-state index contributed by atoms with van der Waals surface area (Å²) in [5.41, 5.74) is 3.30. The number of halogens is 2. The molecule has 1 fully saturated rings. The molecular weight excluding hydrogens is 429 g/mol. The molecule has 0 aromatic heterocycles. The number of hydrogen-bond donors (Lipinski definition) is 1. The molecule has 6 heteroatoms. The van der Waals surface area contributed by atoms with Gasteiger partial charge in [0.05, 0.1) is 6.04 Å². The van der Waals surface area contributed by atoms with Crippen LogP contribution in [0.3, 0.4) is 0 Å². The molecule has 1 N–H and O–H groups in total. The largest absolute Gasteiger partial charge is 0.364 e. The van der Waals surface area contributed by atoms with Gasteiger partial charge in [-0.15, -0.1) is 0 Å². The predicted molar refractivity (Wildman–Crippen MR) is 128 cm³/mol. The SMILES string of the molecule is O=CC(Nc1cc(Cl)cc(Cl)c1)N1CCN(C(c2ccccc2)c2ccccc2)CC1. The van der Waals surface area contributed by atoms with Gasteiger partial charge in [0.15, 0.2) is 6.29 Å². The number of piperazine rings is 1. The predicted octanol–water partition coefficient (Wildman–Crippen LogP) is 5.34. The van der Waals surface area contributed by atoms with Crippen molar-refractivity contribution in [2.75, 3.05) is 31.5 Å². The van der Waals surface area contributed by atoms with Crippen molar-refractivity contribution in [2.24, 2.45) is 0 Å². The van der Waals surface area contributed by atoms with Crippen LogP contribution in [0.5, 0.6) is 0 Å². The van der Waals surface area contributed by atoms with E-state index in [0.717, 1.165) is 38.2 Å². The molecule has 31 heavy (non-hydrogen) atoms. The number of carbonyl (C=O) groups is 1. The number of benzene rings is 3. The van der Waals surface area contributed by atoms with E-state index in [1.807, 2.05) is 12.1 Å². The lowest BCUT2D eigenvalue weighted by Gasteiger charge is -2.41. The molecule has 1 aliphatic rings. The first-order valence-corrected chi connectivity index (χ1v) is 11.2. The van der Waals surface area contributed by atoms with E-state index in [9.17, 15) is 4.79 Å². The average molecular weight is 454 g/mol. The van der Waals surface area contributed by atoms with E-state index in [1.165, 1.54) is 11.1 Å². The van der Waals surface area contributed by atoms with E-state index in [2.05, 4.69) is 63.6 Å². The minimum absolute atomic E-state index is 0.193. The summed E-state index contributed by atoms with van der Waals surface area (Å²) in [7, 11) is 0. The van der Waals surface area contributed by atoms with Gasteiger partial charge in [-0.3, -0.25) is 14.6 Å². The zero-order valence-corrected chi connectivity index (χ0v) is 18.6. The summed E-state index contributed by atoms with van der Waals surface area (Å²) in [6, 6.07) is 26.6. The zero-order chi connectivity index (χ0) is 21.6. The molecule has 160 valence electrons. The molecule has 0 spiro atoms. The first-order chi connectivity index (χ1) is 15.1. The first kappa shape index (κ1) is 21.8. The average Bonchev–Trinajstić information content (AvgIpc) is 2.79. The molecule has 0 saturated carbocycles. The fraction of sp³-hybridized carbons (Fsp3) is 0.240. The van der Waals surface area contributed by atoms with Gasteiger partial charge in [0.1, 0.15) is 6.17 Å². The molecular formula is C25H25Cl2N3O. The maximum Gasteiger partial charge on any atom is 0.157 e. The quantitative estimate of drug-likeness (QED) is 0.489. The van der Waals surface area contributed by atoms with Crippen LogP contribution in [-0.2, 0) is 4.79 Å². The van der Waals surface area contributed by atoms with Gasteiger partial charge in [-0.05, 0) is 29.3 Å². The first-order valence-electron chi connectivity index (χ1n) is 10.4. The van der Waals surface area contributed by atoms with Gasteiger partial charge >= 0.3 is 0 Å². The van der Waals surface area contributed by atoms with Crippen LogP contribution in [0.25, 0.3) is 0 Å². The Hall–Kier alpha value is -2.37. The number of anilines is 1. The maximum absolute atomic E-state index is 11.9. The molecule has 0 amide bonds. The van der Waals surface area contributed by atoms with Crippen LogP contribution in [0.4, 0.5) is 5.69 Å². The molecule has 3 aromatic rings. The molecule has 0 aliphatic carbocycles. The normalized spacial score (nSPS) is 16.2. The van der Waals surface area contributed by atoms with Gasteiger partial charge in [0, 0.05) is 41.9 Å². The summed E-state index contributed by atoms with van der Waals surface area (Å²) in [4.78, 5) is 16.5. The third kappa shape index (κ3) is 5.46. The molecule has 0 radical (unpaired) electrons. The van der Waals surface area contributed by atoms with Gasteiger partial charge in [0.2, 0.25) is 0 Å². The summed E-state index contributed by atoms with van der Waals surface area (Å²) in [5.74, 6) is 0. The van der Waals surface area contributed by atoms with E-state index < -0.39 is 6.17 Å². The molecule has 0 bridgehead atoms. The van der Waals surface area contributed by atoms with Crippen molar-refractivity contribution in [1.82, 2.24) is 9.80 Å². The fourth-order valence-corrected chi connectivity index (χ4v) is 4.70. The minimum Gasteiger partial charge on any atom is -0.364 e. The summed E-state index contributed by atoms with van der Waals surface area (Å²) in [6.45, 7) is 3.27. The van der Waals surface area contributed by atoms with Crippen LogP contribution in [0.1, 0.15) is 17.2 Å². The number of hydrogen-bond acceptors (Lipinski definition) is 4. The lowest BCUT2D eigenvalue weighted by molar-refractivity contribution is -0.112. The number of carbonyl (C=O) groups excluding carboxylic acids is 1. The lowest BCUT2D eigenvalue weighted by atomic mass is 9.96. The highest BCUT2D eigenvalue weighted by Gasteiger charge is 2.29. The number of nitrogens with zero attached hydrogens (tertiary/aromatic N) is 2. The minimum atomic E-state index is -0.427. The fourth-order valence-electron chi connectivity index (χ4n) is 4.18. The zero-order valence-electron chi connectivity index (χ0n) is 17.1. The van der Waals surface area contributed by atoms with Crippen molar-refractivity contribution in [3.63, 3.8) is 0 Å². The Balaban J connectivity index is 1.47. The van der Waals surface area contributed by atoms with Crippen LogP contribution < -0.4 is 5.32 Å². The summed E-state index contributed by atoms with van der Waals surface area (Å²) >= 11 is 12.2. The molecule has 4 nitrogen and oxygen atoms in total. The van der Waals surface area contributed by atoms with E-state index >= 15 is 0 Å². The highest BCUT2D eigenvalue weighted by atomic mass is 35.5. The molecule has 1 heterocycles. The van der Waals surface area contributed by atoms with Crippen molar-refractivity contribution in [3.8, 4) is 0 Å². The second-order valence-electron chi connectivity index (χ2n) is 7.68. The van der Waals surface area contributed by atoms with E-state index in [0.29, 0.717) is 10.0 Å². The second-order valence-corrected chi connectivity index (χ2v) is 8.55. The summed E-state index contributed by atoms with van der Waals surface area (Å²) < 4.78 is 0. The Morgan fingerprint density at radius 2 is 1.23 bits per heavy atom. The van der Waals surface area contributed by atoms with E-state index in [4.69, 9.17) is 23.2 Å². The van der Waals surface area contributed by atoms with Gasteiger partial charge in [-0.1, -0.05) is 83.9 Å². The van der Waals surface area contributed by atoms with Gasteiger partial charge in [-0.2, -0.15) is 0 Å². The standard InChI is InChI=1S/C25H25Cl2N3O/c26-21-15-22(27)17-23(16-21)28-24(18-31)29-11-13-30(14-12-29)25(19-7-3-1-4-8-19)20-9-5-2-6-10-20/h1-10,15-18,24-25,28H,11-14H2. The third-order valence-electron chi connectivity index (χ3n) is 5.64. The van der Waals surface area contributed by atoms with Gasteiger partial charge in [0.25, 0.3) is 0 Å². The third-order valence-corrected chi connectivity index (χ3v) is 6.08. The molecule has 4 rings (SSSR count). The van der Waals surface area contributed by atoms with Crippen LogP contribution in [-0.4, -0.2) is 48.4 Å². The maximum atomic E-state index is 11.9. The summed E-state index contributed by atoms with van der Waals surface area (Å²) in [5, 5.41) is 4.34. The van der Waals surface area contributed by atoms with E-state index in [1.54, 1.807) is 18.2 Å². The topological polar surface area (TPSA) is 35.6 Å². The smallest absolute Gasteiger partial charge is 0.157 e. The van der Waals surface area contributed by atoms with Crippen molar-refractivity contribution in [3.05, 3.63) is 100 Å². The van der Waals surface area contributed by atoms with Crippen LogP contribution >= 0.6 is 23.2 Å². The molecule has 1 atom stereocenters. The van der Waals surface area contributed by atoms with Crippen molar-refractivity contribution < 1.29 is 4.79 Å². The van der Waals surface area contributed by atoms with Crippen LogP contribution in [0.15, 0.2) is 78.9 Å².